The molecule has 0 saturated carbocycles. The monoisotopic (exact) mass is 324 g/mol. The molecular formula is C17H16N4O3. The second-order valence-electron chi connectivity index (χ2n) is 5.51. The van der Waals surface area contributed by atoms with Gasteiger partial charge >= 0.3 is 0 Å². The minimum absolute atomic E-state index is 0.0841. The van der Waals surface area contributed by atoms with Gasteiger partial charge in [-0.05, 0) is 37.6 Å². The highest BCUT2D eigenvalue weighted by Crippen LogP contribution is 2.24. The quantitative estimate of drug-likeness (QED) is 0.745. The molecular weight excluding hydrogens is 308 g/mol. The Balaban J connectivity index is 1.89. The van der Waals surface area contributed by atoms with Gasteiger partial charge in [-0.15, -0.1) is 10.2 Å². The zero-order chi connectivity index (χ0) is 17.3. The van der Waals surface area contributed by atoms with Gasteiger partial charge in [0.05, 0.1) is 0 Å². The highest BCUT2D eigenvalue weighted by atomic mass is 16.4. The molecule has 0 unspecified atom stereocenters. The molecule has 0 aliphatic rings. The lowest BCUT2D eigenvalue weighted by Gasteiger charge is -2.10. The number of Topliss-reactive ketones (excluding diaryl/α,β-unsaturated/α-hetero) is 1. The average Bonchev–Trinajstić information content (AvgIpc) is 3.19. The maximum absolute atomic E-state index is 12.5. The van der Waals surface area contributed by atoms with Crippen LogP contribution in [0.25, 0.3) is 11.5 Å². The number of aromatic nitrogens is 3. The lowest BCUT2D eigenvalue weighted by Crippen LogP contribution is -2.16. The molecule has 2 heterocycles. The third-order valence-corrected chi connectivity index (χ3v) is 3.74. The Morgan fingerprint density at radius 1 is 1.25 bits per heavy atom. The van der Waals surface area contributed by atoms with Crippen molar-refractivity contribution in [2.75, 3.05) is 5.32 Å². The topological polar surface area (TPSA) is 90.0 Å². The smallest absolute Gasteiger partial charge is 0.272 e. The van der Waals surface area contributed by atoms with Crippen molar-refractivity contribution in [1.29, 1.82) is 0 Å². The largest absolute Gasteiger partial charge is 0.423 e. The molecule has 1 amide bonds. The average molecular weight is 324 g/mol. The summed E-state index contributed by atoms with van der Waals surface area (Å²) in [6.45, 7) is 3.36. The van der Waals surface area contributed by atoms with Gasteiger partial charge in [0, 0.05) is 30.1 Å². The van der Waals surface area contributed by atoms with Gasteiger partial charge in [-0.1, -0.05) is 6.07 Å². The van der Waals surface area contributed by atoms with Crippen LogP contribution in [-0.4, -0.2) is 26.5 Å². The Labute approximate surface area is 138 Å². The van der Waals surface area contributed by atoms with Crippen molar-refractivity contribution >= 4 is 17.4 Å². The van der Waals surface area contributed by atoms with Gasteiger partial charge in [-0.25, -0.2) is 0 Å². The second kappa shape index (κ2) is 6.11. The second-order valence-corrected chi connectivity index (χ2v) is 5.51. The molecule has 0 aliphatic carbocycles. The molecule has 2 aromatic heterocycles. The summed E-state index contributed by atoms with van der Waals surface area (Å²) in [6, 6.07) is 7.06. The fourth-order valence-corrected chi connectivity index (χ4v) is 2.36. The number of carbonyl (C=O) groups is 2. The van der Waals surface area contributed by atoms with E-state index in [1.54, 1.807) is 29.9 Å². The number of nitrogens with zero attached hydrogens (tertiary/aromatic N) is 3. The van der Waals surface area contributed by atoms with Crippen LogP contribution >= 0.6 is 0 Å². The molecule has 0 spiro atoms. The minimum Gasteiger partial charge on any atom is -0.423 e. The van der Waals surface area contributed by atoms with Crippen LogP contribution < -0.4 is 5.32 Å². The predicted molar refractivity (Wildman–Crippen MR) is 87.8 cm³/mol. The maximum Gasteiger partial charge on any atom is 0.272 e. The minimum atomic E-state index is -0.296. The standard InChI is InChI=1S/C17H16N4O3/c1-10-4-5-12(17-20-18-9-24-17)6-14(10)19-16(23)15-7-13(11(2)22)8-21(15)3/h4-9H,1-3H3,(H,19,23). The van der Waals surface area contributed by atoms with E-state index in [-0.39, 0.29) is 11.7 Å². The highest BCUT2D eigenvalue weighted by molar-refractivity contribution is 6.06. The van der Waals surface area contributed by atoms with Crippen LogP contribution in [0.2, 0.25) is 0 Å². The lowest BCUT2D eigenvalue weighted by molar-refractivity contribution is 0.101. The molecule has 7 nitrogen and oxygen atoms in total. The van der Waals surface area contributed by atoms with Crippen LogP contribution in [-0.2, 0) is 7.05 Å². The normalized spacial score (nSPS) is 10.6. The molecule has 0 saturated heterocycles. The molecule has 24 heavy (non-hydrogen) atoms. The highest BCUT2D eigenvalue weighted by Gasteiger charge is 2.15. The number of hydrogen-bond donors (Lipinski definition) is 1. The van der Waals surface area contributed by atoms with E-state index in [9.17, 15) is 9.59 Å². The first-order valence-corrected chi connectivity index (χ1v) is 7.31. The zero-order valence-corrected chi connectivity index (χ0v) is 13.5. The number of carbonyl (C=O) groups excluding carboxylic acids is 2. The lowest BCUT2D eigenvalue weighted by atomic mass is 10.1. The van der Waals surface area contributed by atoms with Gasteiger partial charge in [-0.2, -0.15) is 0 Å². The fraction of sp³-hybridized carbons (Fsp3) is 0.176. The first kappa shape index (κ1) is 15.7. The molecule has 0 bridgehead atoms. The van der Waals surface area contributed by atoms with E-state index in [4.69, 9.17) is 4.42 Å². The maximum atomic E-state index is 12.5. The number of hydrogen-bond acceptors (Lipinski definition) is 5. The summed E-state index contributed by atoms with van der Waals surface area (Å²) in [7, 11) is 1.73. The first-order chi connectivity index (χ1) is 11.5. The van der Waals surface area contributed by atoms with Crippen LogP contribution in [0, 0.1) is 6.92 Å². The van der Waals surface area contributed by atoms with E-state index in [1.165, 1.54) is 13.3 Å². The number of ketones is 1. The Hall–Kier alpha value is -3.22. The molecule has 0 atom stereocenters. The number of rotatable bonds is 4. The Morgan fingerprint density at radius 3 is 2.67 bits per heavy atom. The summed E-state index contributed by atoms with van der Waals surface area (Å²) < 4.78 is 6.80. The Kier molecular flexibility index (Phi) is 3.99. The summed E-state index contributed by atoms with van der Waals surface area (Å²) in [4.78, 5) is 24.0. The van der Waals surface area contributed by atoms with Gasteiger partial charge < -0.3 is 14.3 Å². The summed E-state index contributed by atoms with van der Waals surface area (Å²) >= 11 is 0. The van der Waals surface area contributed by atoms with E-state index < -0.39 is 0 Å². The molecule has 3 rings (SSSR count). The third-order valence-electron chi connectivity index (χ3n) is 3.74. The fourth-order valence-electron chi connectivity index (χ4n) is 2.36. The molecule has 0 aliphatic heterocycles. The van der Waals surface area contributed by atoms with Crippen molar-refractivity contribution < 1.29 is 14.0 Å². The van der Waals surface area contributed by atoms with Crippen molar-refractivity contribution in [3.8, 4) is 11.5 Å². The van der Waals surface area contributed by atoms with Crippen LogP contribution in [0.15, 0.2) is 41.3 Å². The SMILES string of the molecule is CC(=O)c1cc(C(=O)Nc2cc(-c3nnco3)ccc2C)n(C)c1. The third kappa shape index (κ3) is 2.96. The van der Waals surface area contributed by atoms with Crippen molar-refractivity contribution in [1.82, 2.24) is 14.8 Å². The van der Waals surface area contributed by atoms with Crippen molar-refractivity contribution in [3.63, 3.8) is 0 Å². The van der Waals surface area contributed by atoms with E-state index in [1.807, 2.05) is 19.1 Å². The van der Waals surface area contributed by atoms with Crippen LogP contribution in [0.4, 0.5) is 5.69 Å². The van der Waals surface area contributed by atoms with E-state index >= 15 is 0 Å². The summed E-state index contributed by atoms with van der Waals surface area (Å²) in [5.41, 5.74) is 3.15. The van der Waals surface area contributed by atoms with Gasteiger partial charge in [-0.3, -0.25) is 9.59 Å². The van der Waals surface area contributed by atoms with Crippen LogP contribution in [0.1, 0.15) is 33.3 Å². The molecule has 3 aromatic rings. The molecule has 7 heteroatoms. The van der Waals surface area contributed by atoms with Crippen molar-refractivity contribution in [3.05, 3.63) is 53.7 Å². The van der Waals surface area contributed by atoms with Gasteiger partial charge in [0.2, 0.25) is 12.3 Å². The Bertz CT molecular complexity index is 910. The van der Waals surface area contributed by atoms with Gasteiger partial charge in [0.25, 0.3) is 5.91 Å². The summed E-state index contributed by atoms with van der Waals surface area (Å²) in [5.74, 6) is -0.00164. The number of amides is 1. The first-order valence-electron chi connectivity index (χ1n) is 7.31. The molecule has 122 valence electrons. The van der Waals surface area contributed by atoms with Crippen LogP contribution in [0.3, 0.4) is 0 Å². The molecule has 1 aromatic carbocycles. The van der Waals surface area contributed by atoms with Crippen molar-refractivity contribution in [2.24, 2.45) is 7.05 Å². The molecule has 0 radical (unpaired) electrons. The van der Waals surface area contributed by atoms with E-state index in [0.717, 1.165) is 5.56 Å². The van der Waals surface area contributed by atoms with E-state index in [2.05, 4.69) is 15.5 Å². The number of benzene rings is 1. The molecule has 0 fully saturated rings. The zero-order valence-electron chi connectivity index (χ0n) is 13.5. The van der Waals surface area contributed by atoms with Gasteiger partial charge in [0.1, 0.15) is 5.69 Å². The summed E-state index contributed by atoms with van der Waals surface area (Å²) in [5, 5.41) is 10.4. The number of nitrogens with one attached hydrogen (secondary N) is 1. The van der Waals surface area contributed by atoms with Crippen molar-refractivity contribution in [2.45, 2.75) is 13.8 Å². The van der Waals surface area contributed by atoms with Gasteiger partial charge in [0.15, 0.2) is 5.78 Å². The predicted octanol–water partition coefficient (Wildman–Crippen LogP) is 2.84. The molecule has 1 N–H and O–H groups in total. The Morgan fingerprint density at radius 2 is 2.04 bits per heavy atom. The van der Waals surface area contributed by atoms with Crippen LogP contribution in [0.5, 0.6) is 0 Å². The van der Waals surface area contributed by atoms with E-state index in [0.29, 0.717) is 28.4 Å². The summed E-state index contributed by atoms with van der Waals surface area (Å²) in [6.07, 6.45) is 2.89. The number of anilines is 1. The number of aryl methyl sites for hydroxylation is 2.